The van der Waals surface area contributed by atoms with Gasteiger partial charge in [-0.05, 0) is 19.4 Å². The molecule has 1 saturated heterocycles. The molecule has 0 saturated carbocycles. The lowest BCUT2D eigenvalue weighted by Gasteiger charge is -2.13. The molecule has 0 aliphatic carbocycles. The average Bonchev–Trinajstić information content (AvgIpc) is 2.11. The largest absolute Gasteiger partial charge is 0.313 e. The lowest BCUT2D eigenvalue weighted by molar-refractivity contribution is 0.516. The molecule has 1 fully saturated rings. The maximum atomic E-state index is 11.3. The van der Waals surface area contributed by atoms with Crippen LogP contribution in [0, 0.1) is 0 Å². The molecule has 0 aromatic carbocycles. The predicted octanol–water partition coefficient (Wildman–Crippen LogP) is 0.563. The molecule has 1 atom stereocenters. The minimum Gasteiger partial charge on any atom is -0.313 e. The summed E-state index contributed by atoms with van der Waals surface area (Å²) in [5, 5.41) is 3.26. The van der Waals surface area contributed by atoms with E-state index in [1.165, 1.54) is 0 Å². The second kappa shape index (κ2) is 4.23. The zero-order valence-electron chi connectivity index (χ0n) is 7.54. The monoisotopic (exact) mass is 191 g/mol. The highest BCUT2D eigenvalue weighted by Gasteiger charge is 2.21. The summed E-state index contributed by atoms with van der Waals surface area (Å²) in [6.07, 6.45) is 2.79. The SMILES string of the molecule is CCCC1CS(=O)(=O)CCCN1. The summed E-state index contributed by atoms with van der Waals surface area (Å²) in [4.78, 5) is 0. The van der Waals surface area contributed by atoms with Crippen LogP contribution < -0.4 is 5.32 Å². The van der Waals surface area contributed by atoms with Crippen molar-refractivity contribution < 1.29 is 8.42 Å². The first-order chi connectivity index (χ1) is 5.64. The molecule has 72 valence electrons. The van der Waals surface area contributed by atoms with Gasteiger partial charge in [-0.15, -0.1) is 0 Å². The molecule has 0 bridgehead atoms. The lowest BCUT2D eigenvalue weighted by Crippen LogP contribution is -2.33. The van der Waals surface area contributed by atoms with Crippen molar-refractivity contribution in [3.05, 3.63) is 0 Å². The van der Waals surface area contributed by atoms with Crippen molar-refractivity contribution in [1.82, 2.24) is 5.32 Å². The van der Waals surface area contributed by atoms with Crippen LogP contribution in [0.1, 0.15) is 26.2 Å². The Bertz CT molecular complexity index is 223. The second-order valence-electron chi connectivity index (χ2n) is 3.41. The Labute approximate surface area is 74.5 Å². The molecule has 3 nitrogen and oxygen atoms in total. The molecule has 1 rings (SSSR count). The van der Waals surface area contributed by atoms with Gasteiger partial charge in [0.2, 0.25) is 0 Å². The number of hydrogen-bond donors (Lipinski definition) is 1. The normalized spacial score (nSPS) is 29.6. The van der Waals surface area contributed by atoms with Crippen molar-refractivity contribution in [2.45, 2.75) is 32.2 Å². The van der Waals surface area contributed by atoms with Crippen LogP contribution >= 0.6 is 0 Å². The molecular weight excluding hydrogens is 174 g/mol. The zero-order valence-corrected chi connectivity index (χ0v) is 8.36. The fraction of sp³-hybridized carbons (Fsp3) is 1.00. The lowest BCUT2D eigenvalue weighted by atomic mass is 10.2. The van der Waals surface area contributed by atoms with E-state index < -0.39 is 9.84 Å². The molecule has 12 heavy (non-hydrogen) atoms. The highest BCUT2D eigenvalue weighted by Crippen LogP contribution is 2.06. The maximum absolute atomic E-state index is 11.3. The van der Waals surface area contributed by atoms with Crippen molar-refractivity contribution in [1.29, 1.82) is 0 Å². The van der Waals surface area contributed by atoms with E-state index in [2.05, 4.69) is 12.2 Å². The minimum absolute atomic E-state index is 0.197. The van der Waals surface area contributed by atoms with Crippen molar-refractivity contribution in [3.63, 3.8) is 0 Å². The van der Waals surface area contributed by atoms with Gasteiger partial charge in [0.05, 0.1) is 11.5 Å². The third-order valence-corrected chi connectivity index (χ3v) is 3.98. The van der Waals surface area contributed by atoms with Crippen molar-refractivity contribution in [2.75, 3.05) is 18.1 Å². The maximum Gasteiger partial charge on any atom is 0.151 e. The van der Waals surface area contributed by atoms with Gasteiger partial charge in [-0.1, -0.05) is 13.3 Å². The highest BCUT2D eigenvalue weighted by molar-refractivity contribution is 7.91. The van der Waals surface area contributed by atoms with Gasteiger partial charge in [0.1, 0.15) is 0 Å². The van der Waals surface area contributed by atoms with E-state index in [0.717, 1.165) is 25.8 Å². The van der Waals surface area contributed by atoms with E-state index in [-0.39, 0.29) is 6.04 Å². The van der Waals surface area contributed by atoms with Crippen LogP contribution in [-0.4, -0.2) is 32.5 Å². The smallest absolute Gasteiger partial charge is 0.151 e. The molecule has 0 radical (unpaired) electrons. The molecule has 1 aliphatic heterocycles. The Hall–Kier alpha value is -0.0900. The van der Waals surface area contributed by atoms with Crippen LogP contribution in [0.5, 0.6) is 0 Å². The first-order valence-corrected chi connectivity index (χ1v) is 6.40. The third kappa shape index (κ3) is 3.11. The van der Waals surface area contributed by atoms with Crippen molar-refractivity contribution in [2.24, 2.45) is 0 Å². The Kier molecular flexibility index (Phi) is 3.53. The van der Waals surface area contributed by atoms with Crippen LogP contribution in [0.15, 0.2) is 0 Å². The summed E-state index contributed by atoms with van der Waals surface area (Å²) in [7, 11) is -2.75. The molecule has 0 amide bonds. The van der Waals surface area contributed by atoms with E-state index in [9.17, 15) is 8.42 Å². The topological polar surface area (TPSA) is 46.2 Å². The van der Waals surface area contributed by atoms with Gasteiger partial charge in [0.15, 0.2) is 9.84 Å². The first-order valence-electron chi connectivity index (χ1n) is 4.58. The summed E-state index contributed by atoms with van der Waals surface area (Å²) in [6.45, 7) is 2.93. The summed E-state index contributed by atoms with van der Waals surface area (Å²) >= 11 is 0. The van der Waals surface area contributed by atoms with Crippen LogP contribution in [0.3, 0.4) is 0 Å². The molecule has 0 aromatic rings. The summed E-state index contributed by atoms with van der Waals surface area (Å²) in [6, 6.07) is 0.197. The highest BCUT2D eigenvalue weighted by atomic mass is 32.2. The zero-order chi connectivity index (χ0) is 9.03. The van der Waals surface area contributed by atoms with E-state index in [1.807, 2.05) is 0 Å². The third-order valence-electron chi connectivity index (χ3n) is 2.16. The quantitative estimate of drug-likeness (QED) is 0.694. The number of rotatable bonds is 2. The van der Waals surface area contributed by atoms with Gasteiger partial charge < -0.3 is 5.32 Å². The Morgan fingerprint density at radius 3 is 2.92 bits per heavy atom. The van der Waals surface area contributed by atoms with Crippen molar-refractivity contribution in [3.8, 4) is 0 Å². The van der Waals surface area contributed by atoms with Gasteiger partial charge in [0, 0.05) is 6.04 Å². The fourth-order valence-corrected chi connectivity index (χ4v) is 3.23. The number of sulfone groups is 1. The molecule has 1 heterocycles. The standard InChI is InChI=1S/C8H17NO2S/c1-2-4-8-7-12(10,11)6-3-5-9-8/h8-9H,2-7H2,1H3. The average molecular weight is 191 g/mol. The Morgan fingerprint density at radius 2 is 2.25 bits per heavy atom. The van der Waals surface area contributed by atoms with E-state index in [4.69, 9.17) is 0 Å². The van der Waals surface area contributed by atoms with Crippen molar-refractivity contribution >= 4 is 9.84 Å². The summed E-state index contributed by atoms with van der Waals surface area (Å²) in [5.41, 5.74) is 0. The summed E-state index contributed by atoms with van der Waals surface area (Å²) < 4.78 is 22.6. The Morgan fingerprint density at radius 1 is 1.50 bits per heavy atom. The van der Waals surface area contributed by atoms with E-state index >= 15 is 0 Å². The van der Waals surface area contributed by atoms with E-state index in [0.29, 0.717) is 11.5 Å². The van der Waals surface area contributed by atoms with Gasteiger partial charge in [-0.3, -0.25) is 0 Å². The Balaban J connectivity index is 2.54. The number of hydrogen-bond acceptors (Lipinski definition) is 3. The van der Waals surface area contributed by atoms with Crippen LogP contribution in [0.4, 0.5) is 0 Å². The van der Waals surface area contributed by atoms with Gasteiger partial charge in [-0.2, -0.15) is 0 Å². The van der Waals surface area contributed by atoms with Gasteiger partial charge >= 0.3 is 0 Å². The second-order valence-corrected chi connectivity index (χ2v) is 5.64. The minimum atomic E-state index is -2.75. The molecule has 0 aromatic heterocycles. The molecule has 4 heteroatoms. The fourth-order valence-electron chi connectivity index (χ4n) is 1.58. The van der Waals surface area contributed by atoms with Crippen LogP contribution in [0.25, 0.3) is 0 Å². The van der Waals surface area contributed by atoms with Gasteiger partial charge in [-0.25, -0.2) is 8.42 Å². The van der Waals surface area contributed by atoms with Crippen LogP contribution in [-0.2, 0) is 9.84 Å². The number of nitrogens with one attached hydrogen (secondary N) is 1. The molecule has 1 aliphatic rings. The molecule has 0 spiro atoms. The first kappa shape index (κ1) is 9.99. The molecule has 1 N–H and O–H groups in total. The summed E-state index contributed by atoms with van der Waals surface area (Å²) in [5.74, 6) is 0.695. The molecule has 1 unspecified atom stereocenters. The molecular formula is C8H17NO2S. The van der Waals surface area contributed by atoms with Gasteiger partial charge in [0.25, 0.3) is 0 Å². The van der Waals surface area contributed by atoms with Crippen LogP contribution in [0.2, 0.25) is 0 Å². The predicted molar refractivity (Wildman–Crippen MR) is 50.0 cm³/mol. The van der Waals surface area contributed by atoms with E-state index in [1.54, 1.807) is 0 Å².